The van der Waals surface area contributed by atoms with Gasteiger partial charge in [0, 0.05) is 31.3 Å². The quantitative estimate of drug-likeness (QED) is 0.619. The molecule has 2 aromatic rings. The Labute approximate surface area is 184 Å². The molecule has 0 unspecified atom stereocenters. The average molecular weight is 447 g/mol. The molecular formula is C22H30N4O4S. The number of ether oxygens (including phenoxy) is 1. The molecule has 0 fully saturated rings. The van der Waals surface area contributed by atoms with Crippen LogP contribution >= 0.6 is 0 Å². The van der Waals surface area contributed by atoms with E-state index < -0.39 is 10.0 Å². The van der Waals surface area contributed by atoms with E-state index in [-0.39, 0.29) is 23.1 Å². The summed E-state index contributed by atoms with van der Waals surface area (Å²) in [4.78, 5) is 23.6. The third-order valence-electron chi connectivity index (χ3n) is 5.44. The maximum absolute atomic E-state index is 13.1. The monoisotopic (exact) mass is 446 g/mol. The molecule has 3 rings (SSSR count). The van der Waals surface area contributed by atoms with Crippen molar-refractivity contribution in [2.75, 3.05) is 25.6 Å². The lowest BCUT2D eigenvalue weighted by molar-refractivity contribution is -0.119. The first kappa shape index (κ1) is 23.1. The lowest BCUT2D eigenvalue weighted by Crippen LogP contribution is -2.38. The van der Waals surface area contributed by atoms with Crippen molar-refractivity contribution in [3.05, 3.63) is 41.3 Å². The molecule has 1 aliphatic rings. The number of hydrogen-bond acceptors (Lipinski definition) is 6. The van der Waals surface area contributed by atoms with E-state index >= 15 is 0 Å². The van der Waals surface area contributed by atoms with Crippen LogP contribution in [0, 0.1) is 12.8 Å². The molecule has 0 atom stereocenters. The van der Waals surface area contributed by atoms with Gasteiger partial charge in [-0.25, -0.2) is 18.4 Å². The van der Waals surface area contributed by atoms with E-state index in [4.69, 9.17) is 4.74 Å². The molecule has 0 radical (unpaired) electrons. The number of carbonyl (C=O) groups is 1. The maximum atomic E-state index is 13.1. The Balaban J connectivity index is 1.92. The van der Waals surface area contributed by atoms with Gasteiger partial charge in [-0.3, -0.25) is 9.69 Å². The van der Waals surface area contributed by atoms with Crippen LogP contribution in [0.5, 0.6) is 5.75 Å². The highest BCUT2D eigenvalue weighted by molar-refractivity contribution is 7.89. The molecule has 0 aliphatic carbocycles. The molecular weight excluding hydrogens is 416 g/mol. The van der Waals surface area contributed by atoms with Gasteiger partial charge < -0.3 is 4.74 Å². The van der Waals surface area contributed by atoms with Crippen molar-refractivity contribution in [2.24, 2.45) is 5.92 Å². The number of benzene rings is 1. The van der Waals surface area contributed by atoms with Crippen LogP contribution in [-0.2, 0) is 27.8 Å². The first-order chi connectivity index (χ1) is 14.6. The zero-order chi connectivity index (χ0) is 22.8. The van der Waals surface area contributed by atoms with Gasteiger partial charge in [0.1, 0.15) is 22.3 Å². The van der Waals surface area contributed by atoms with Gasteiger partial charge in [0.05, 0.1) is 13.7 Å². The fraction of sp³-hybridized carbons (Fsp3) is 0.500. The van der Waals surface area contributed by atoms with E-state index in [1.165, 1.54) is 24.5 Å². The Bertz CT molecular complexity index is 1070. The smallest absolute Gasteiger partial charge is 0.246 e. The van der Waals surface area contributed by atoms with Crippen LogP contribution in [0.4, 0.5) is 5.82 Å². The summed E-state index contributed by atoms with van der Waals surface area (Å²) in [5, 5.41) is 0. The van der Waals surface area contributed by atoms with Crippen molar-refractivity contribution in [1.82, 2.24) is 14.3 Å². The van der Waals surface area contributed by atoms with Gasteiger partial charge in [0.2, 0.25) is 15.9 Å². The fourth-order valence-corrected chi connectivity index (χ4v) is 4.89. The highest BCUT2D eigenvalue weighted by atomic mass is 32.2. The van der Waals surface area contributed by atoms with Crippen LogP contribution in [-0.4, -0.2) is 49.3 Å². The molecule has 1 aromatic heterocycles. The number of fused-ring (bicyclic) bond motifs is 1. The van der Waals surface area contributed by atoms with E-state index in [2.05, 4.69) is 23.8 Å². The van der Waals surface area contributed by atoms with E-state index in [0.717, 1.165) is 17.7 Å². The molecule has 0 saturated carbocycles. The van der Waals surface area contributed by atoms with Crippen LogP contribution in [0.2, 0.25) is 0 Å². The molecule has 1 aromatic carbocycles. The molecule has 9 heteroatoms. The standard InChI is InChI=1S/C22H30N4O4S/c1-15(2)12-13-26-21(27)11-10-17-16(3)23-20(24-22(17)26)14-25(4)31(28,29)19-9-7-6-8-18(19)30-5/h6-9,15H,10-14H2,1-5H3. The first-order valence-electron chi connectivity index (χ1n) is 10.4. The number of amides is 1. The molecule has 168 valence electrons. The van der Waals surface area contributed by atoms with Gasteiger partial charge in [-0.05, 0) is 37.8 Å². The van der Waals surface area contributed by atoms with Crippen molar-refractivity contribution in [2.45, 2.75) is 51.5 Å². The van der Waals surface area contributed by atoms with Crippen LogP contribution in [0.15, 0.2) is 29.2 Å². The largest absolute Gasteiger partial charge is 0.495 e. The van der Waals surface area contributed by atoms with Crippen molar-refractivity contribution < 1.29 is 17.9 Å². The number of nitrogens with zero attached hydrogens (tertiary/aromatic N) is 4. The molecule has 0 bridgehead atoms. The van der Waals surface area contributed by atoms with Gasteiger partial charge in [-0.15, -0.1) is 0 Å². The van der Waals surface area contributed by atoms with Crippen molar-refractivity contribution in [1.29, 1.82) is 0 Å². The zero-order valence-corrected chi connectivity index (χ0v) is 19.6. The number of para-hydroxylation sites is 1. The summed E-state index contributed by atoms with van der Waals surface area (Å²) in [6.45, 7) is 6.69. The molecule has 0 saturated heterocycles. The Hall–Kier alpha value is -2.52. The lowest BCUT2D eigenvalue weighted by Gasteiger charge is -2.30. The highest BCUT2D eigenvalue weighted by Gasteiger charge is 2.30. The third-order valence-corrected chi connectivity index (χ3v) is 7.28. The molecule has 2 heterocycles. The number of anilines is 1. The Morgan fingerprint density at radius 2 is 1.90 bits per heavy atom. The second-order valence-electron chi connectivity index (χ2n) is 8.17. The van der Waals surface area contributed by atoms with E-state index in [0.29, 0.717) is 36.9 Å². The molecule has 0 N–H and O–H groups in total. The molecule has 31 heavy (non-hydrogen) atoms. The minimum Gasteiger partial charge on any atom is -0.495 e. The van der Waals surface area contributed by atoms with Gasteiger partial charge in [0.25, 0.3) is 0 Å². The van der Waals surface area contributed by atoms with Gasteiger partial charge in [-0.1, -0.05) is 26.0 Å². The second-order valence-corrected chi connectivity index (χ2v) is 10.2. The van der Waals surface area contributed by atoms with Gasteiger partial charge >= 0.3 is 0 Å². The van der Waals surface area contributed by atoms with E-state index in [1.807, 2.05) is 6.92 Å². The molecule has 1 amide bonds. The SMILES string of the molecule is COc1ccccc1S(=O)(=O)N(C)Cc1nc(C)c2c(n1)N(CCC(C)C)C(=O)CC2. The van der Waals surface area contributed by atoms with Crippen molar-refractivity contribution >= 4 is 21.7 Å². The Morgan fingerprint density at radius 3 is 2.58 bits per heavy atom. The number of aryl methyl sites for hydroxylation is 1. The summed E-state index contributed by atoms with van der Waals surface area (Å²) < 4.78 is 32.6. The topological polar surface area (TPSA) is 92.7 Å². The van der Waals surface area contributed by atoms with E-state index in [1.54, 1.807) is 23.1 Å². The number of methoxy groups -OCH3 is 1. The van der Waals surface area contributed by atoms with Crippen molar-refractivity contribution in [3.63, 3.8) is 0 Å². The predicted octanol–water partition coefficient (Wildman–Crippen LogP) is 2.94. The summed E-state index contributed by atoms with van der Waals surface area (Å²) in [5.74, 6) is 1.76. The number of aromatic nitrogens is 2. The Kier molecular flexibility index (Phi) is 6.96. The van der Waals surface area contributed by atoms with Gasteiger partial charge in [-0.2, -0.15) is 4.31 Å². The molecule has 0 spiro atoms. The average Bonchev–Trinajstić information content (AvgIpc) is 2.72. The lowest BCUT2D eigenvalue weighted by atomic mass is 10.0. The number of rotatable bonds is 8. The maximum Gasteiger partial charge on any atom is 0.246 e. The summed E-state index contributed by atoms with van der Waals surface area (Å²) >= 11 is 0. The normalized spacial score (nSPS) is 14.3. The van der Waals surface area contributed by atoms with E-state index in [9.17, 15) is 13.2 Å². The summed E-state index contributed by atoms with van der Waals surface area (Å²) in [6, 6.07) is 6.49. The summed E-state index contributed by atoms with van der Waals surface area (Å²) in [7, 11) is -0.887. The fourth-order valence-electron chi connectivity index (χ4n) is 3.61. The summed E-state index contributed by atoms with van der Waals surface area (Å²) in [5.41, 5.74) is 1.74. The number of sulfonamides is 1. The highest BCUT2D eigenvalue weighted by Crippen LogP contribution is 2.30. The minimum atomic E-state index is -3.81. The summed E-state index contributed by atoms with van der Waals surface area (Å²) in [6.07, 6.45) is 1.91. The number of hydrogen-bond donors (Lipinski definition) is 0. The number of carbonyl (C=O) groups excluding carboxylic acids is 1. The third kappa shape index (κ3) is 4.88. The Morgan fingerprint density at radius 1 is 1.19 bits per heavy atom. The molecule has 1 aliphatic heterocycles. The zero-order valence-electron chi connectivity index (χ0n) is 18.8. The van der Waals surface area contributed by atoms with Gasteiger partial charge in [0.15, 0.2) is 0 Å². The van der Waals surface area contributed by atoms with Crippen LogP contribution in [0.1, 0.15) is 43.8 Å². The van der Waals surface area contributed by atoms with Crippen LogP contribution in [0.3, 0.4) is 0 Å². The molecule has 8 nitrogen and oxygen atoms in total. The van der Waals surface area contributed by atoms with Crippen LogP contribution in [0.25, 0.3) is 0 Å². The second kappa shape index (κ2) is 9.32. The van der Waals surface area contributed by atoms with Crippen molar-refractivity contribution in [3.8, 4) is 5.75 Å². The predicted molar refractivity (Wildman–Crippen MR) is 119 cm³/mol. The minimum absolute atomic E-state index is 0.0132. The van der Waals surface area contributed by atoms with Crippen LogP contribution < -0.4 is 9.64 Å². The first-order valence-corrected chi connectivity index (χ1v) is 11.8.